The first kappa shape index (κ1) is 31.6. The quantitative estimate of drug-likeness (QED) is 0.298. The molecule has 240 valence electrons. The summed E-state index contributed by atoms with van der Waals surface area (Å²) in [5, 5.41) is 2.10. The van der Waals surface area contributed by atoms with Gasteiger partial charge in [0.2, 0.25) is 0 Å². The van der Waals surface area contributed by atoms with Crippen molar-refractivity contribution in [3.05, 3.63) is 46.3 Å². The van der Waals surface area contributed by atoms with E-state index < -0.39 is 0 Å². The fourth-order valence-corrected chi connectivity index (χ4v) is 9.43. The molecule has 2 aromatic rings. The molecule has 3 saturated heterocycles. The van der Waals surface area contributed by atoms with Gasteiger partial charge >= 0.3 is 6.09 Å². The zero-order chi connectivity index (χ0) is 30.7. The number of nitrogens with zero attached hydrogens (tertiary/aromatic N) is 3. The number of carbonyl (C=O) groups excluding carboxylic acids is 2. The Balaban J connectivity index is 1.04. The van der Waals surface area contributed by atoms with Crippen molar-refractivity contribution in [1.29, 1.82) is 0 Å². The standard InChI is InChI=1S/C37H53N3O3S/c1-4-5-12-31-26-40(25-29-10-7-6-8-11-29)36(42)43-37(31)16-20-38(21-17-37)32-14-18-39(19-15-32)35(41)34-27(2)23-30(24-28(34)3)33-13-9-22-44-33/h9,13,22-24,29,31-32H,4-8,10-12,14-21,25-26H2,1-3H3. The lowest BCUT2D eigenvalue weighted by Gasteiger charge is -2.52. The molecule has 2 amide bonds. The van der Waals surface area contributed by atoms with E-state index in [-0.39, 0.29) is 17.6 Å². The lowest BCUT2D eigenvalue weighted by Crippen LogP contribution is -2.61. The molecule has 6 rings (SSSR count). The first-order valence-electron chi connectivity index (χ1n) is 17.5. The molecule has 4 fully saturated rings. The van der Waals surface area contributed by atoms with E-state index in [1.165, 1.54) is 55.4 Å². The van der Waals surface area contributed by atoms with Crippen molar-refractivity contribution in [2.45, 2.75) is 109 Å². The van der Waals surface area contributed by atoms with Gasteiger partial charge in [0.25, 0.3) is 5.91 Å². The van der Waals surface area contributed by atoms with Crippen LogP contribution in [0.4, 0.5) is 4.79 Å². The average Bonchev–Trinajstić information content (AvgIpc) is 3.58. The van der Waals surface area contributed by atoms with E-state index in [0.717, 1.165) is 88.1 Å². The number of ether oxygens (including phenoxy) is 1. The summed E-state index contributed by atoms with van der Waals surface area (Å²) in [6, 6.07) is 9.06. The summed E-state index contributed by atoms with van der Waals surface area (Å²) in [5.41, 5.74) is 3.91. The normalized spacial score (nSPS) is 23.7. The number of hydrogen-bond donors (Lipinski definition) is 0. The molecule has 1 aromatic carbocycles. The SMILES string of the molecule is CCCCC1CN(CC2CCCCC2)C(=O)OC12CCN(C1CCN(C(=O)c3c(C)cc(-c4cccs4)cc3C)CC1)CC2. The highest BCUT2D eigenvalue weighted by atomic mass is 32.1. The first-order chi connectivity index (χ1) is 21.4. The summed E-state index contributed by atoms with van der Waals surface area (Å²) < 4.78 is 6.47. The van der Waals surface area contributed by atoms with Gasteiger partial charge in [0, 0.05) is 74.5 Å². The first-order valence-corrected chi connectivity index (χ1v) is 18.4. The molecule has 1 atom stereocenters. The third kappa shape index (κ3) is 6.74. The fourth-order valence-electron chi connectivity index (χ4n) is 8.72. The maximum Gasteiger partial charge on any atom is 0.410 e. The number of amides is 2. The molecule has 7 heteroatoms. The van der Waals surface area contributed by atoms with E-state index in [0.29, 0.717) is 17.9 Å². The molecule has 0 N–H and O–H groups in total. The number of carbonyl (C=O) groups is 2. The number of thiophene rings is 1. The van der Waals surface area contributed by atoms with Gasteiger partial charge in [-0.3, -0.25) is 9.69 Å². The van der Waals surface area contributed by atoms with Crippen molar-refractivity contribution in [1.82, 2.24) is 14.7 Å². The Morgan fingerprint density at radius 3 is 2.34 bits per heavy atom. The smallest absolute Gasteiger partial charge is 0.410 e. The fraction of sp³-hybridized carbons (Fsp3) is 0.676. The minimum atomic E-state index is -0.299. The summed E-state index contributed by atoms with van der Waals surface area (Å²) in [5.74, 6) is 1.26. The van der Waals surface area contributed by atoms with Crippen molar-refractivity contribution >= 4 is 23.3 Å². The number of piperidine rings is 2. The second kappa shape index (κ2) is 13.9. The maximum atomic E-state index is 13.7. The van der Waals surface area contributed by atoms with E-state index in [2.05, 4.69) is 65.1 Å². The van der Waals surface area contributed by atoms with Crippen LogP contribution in [0.2, 0.25) is 0 Å². The van der Waals surface area contributed by atoms with Crippen molar-refractivity contribution in [2.24, 2.45) is 11.8 Å². The van der Waals surface area contributed by atoms with Crippen molar-refractivity contribution in [2.75, 3.05) is 39.3 Å². The van der Waals surface area contributed by atoms with Crippen LogP contribution in [0.5, 0.6) is 0 Å². The summed E-state index contributed by atoms with van der Waals surface area (Å²) in [6.07, 6.45) is 13.9. The van der Waals surface area contributed by atoms with Crippen LogP contribution < -0.4 is 0 Å². The van der Waals surface area contributed by atoms with Gasteiger partial charge in [0.05, 0.1) is 0 Å². The van der Waals surface area contributed by atoms with Crippen LogP contribution in [-0.2, 0) is 4.74 Å². The lowest BCUT2D eigenvalue weighted by molar-refractivity contribution is -0.127. The van der Waals surface area contributed by atoms with E-state index in [1.807, 2.05) is 0 Å². The van der Waals surface area contributed by atoms with Crippen LogP contribution in [0.25, 0.3) is 10.4 Å². The number of benzene rings is 1. The van der Waals surface area contributed by atoms with Gasteiger partial charge in [-0.2, -0.15) is 0 Å². The molecular weight excluding hydrogens is 566 g/mol. The van der Waals surface area contributed by atoms with E-state index in [4.69, 9.17) is 4.74 Å². The molecule has 3 aliphatic heterocycles. The average molecular weight is 620 g/mol. The summed E-state index contributed by atoms with van der Waals surface area (Å²) in [7, 11) is 0. The monoisotopic (exact) mass is 619 g/mol. The van der Waals surface area contributed by atoms with Crippen molar-refractivity contribution in [3.63, 3.8) is 0 Å². The molecule has 1 spiro atoms. The van der Waals surface area contributed by atoms with E-state index in [1.54, 1.807) is 11.3 Å². The minimum Gasteiger partial charge on any atom is -0.442 e. The number of unbranched alkanes of at least 4 members (excludes halogenated alkanes) is 1. The second-order valence-electron chi connectivity index (χ2n) is 14.2. The molecule has 0 bridgehead atoms. The topological polar surface area (TPSA) is 53.1 Å². The number of hydrogen-bond acceptors (Lipinski definition) is 5. The Labute approximate surface area is 269 Å². The van der Waals surface area contributed by atoms with Gasteiger partial charge in [-0.1, -0.05) is 45.1 Å². The molecule has 1 saturated carbocycles. The van der Waals surface area contributed by atoms with Gasteiger partial charge < -0.3 is 14.5 Å². The third-order valence-corrected chi connectivity index (χ3v) is 12.2. The molecule has 6 nitrogen and oxygen atoms in total. The number of rotatable bonds is 8. The van der Waals surface area contributed by atoms with Gasteiger partial charge in [-0.15, -0.1) is 11.3 Å². The minimum absolute atomic E-state index is 0.0578. The molecule has 0 radical (unpaired) electrons. The largest absolute Gasteiger partial charge is 0.442 e. The summed E-state index contributed by atoms with van der Waals surface area (Å²) >= 11 is 1.74. The molecule has 1 unspecified atom stereocenters. The summed E-state index contributed by atoms with van der Waals surface area (Å²) in [4.78, 5) is 35.1. The Bertz CT molecular complexity index is 1250. The van der Waals surface area contributed by atoms with Crippen LogP contribution in [0.15, 0.2) is 29.6 Å². The van der Waals surface area contributed by atoms with Crippen LogP contribution >= 0.6 is 11.3 Å². The van der Waals surface area contributed by atoms with Gasteiger partial charge in [-0.05, 0) is 92.1 Å². The molecule has 1 aromatic heterocycles. The van der Waals surface area contributed by atoms with Crippen LogP contribution in [-0.4, -0.2) is 77.6 Å². The highest BCUT2D eigenvalue weighted by molar-refractivity contribution is 7.13. The van der Waals surface area contributed by atoms with Crippen molar-refractivity contribution in [3.8, 4) is 10.4 Å². The zero-order valence-electron chi connectivity index (χ0n) is 27.3. The Hall–Kier alpha value is -2.38. The Kier molecular flexibility index (Phi) is 10.0. The third-order valence-electron chi connectivity index (χ3n) is 11.3. The highest BCUT2D eigenvalue weighted by Gasteiger charge is 2.50. The van der Waals surface area contributed by atoms with Crippen LogP contribution in [0.3, 0.4) is 0 Å². The van der Waals surface area contributed by atoms with Crippen molar-refractivity contribution < 1.29 is 14.3 Å². The van der Waals surface area contributed by atoms with E-state index >= 15 is 0 Å². The summed E-state index contributed by atoms with van der Waals surface area (Å²) in [6.45, 7) is 11.8. The predicted octanol–water partition coefficient (Wildman–Crippen LogP) is 8.31. The molecule has 4 aliphatic rings. The Morgan fingerprint density at radius 2 is 1.70 bits per heavy atom. The predicted molar refractivity (Wildman–Crippen MR) is 179 cm³/mol. The zero-order valence-corrected chi connectivity index (χ0v) is 28.1. The molecule has 44 heavy (non-hydrogen) atoms. The lowest BCUT2D eigenvalue weighted by atomic mass is 9.75. The second-order valence-corrected chi connectivity index (χ2v) is 15.2. The number of aryl methyl sites for hydroxylation is 2. The van der Waals surface area contributed by atoms with Crippen LogP contribution in [0.1, 0.15) is 105 Å². The maximum absolute atomic E-state index is 13.7. The van der Waals surface area contributed by atoms with Gasteiger partial charge in [0.1, 0.15) is 5.60 Å². The van der Waals surface area contributed by atoms with Gasteiger partial charge in [0.15, 0.2) is 0 Å². The molecular formula is C37H53N3O3S. The highest BCUT2D eigenvalue weighted by Crippen LogP contribution is 2.42. The Morgan fingerprint density at radius 1 is 1.00 bits per heavy atom. The van der Waals surface area contributed by atoms with E-state index in [9.17, 15) is 9.59 Å². The molecule has 4 heterocycles. The molecule has 1 aliphatic carbocycles. The van der Waals surface area contributed by atoms with Gasteiger partial charge in [-0.25, -0.2) is 4.79 Å². The van der Waals surface area contributed by atoms with Crippen LogP contribution in [0, 0.1) is 25.7 Å². The number of likely N-dealkylation sites (tertiary alicyclic amines) is 2.